The van der Waals surface area contributed by atoms with Gasteiger partial charge in [-0.1, -0.05) is 38.5 Å². The van der Waals surface area contributed by atoms with Crippen LogP contribution in [0.4, 0.5) is 0 Å². The predicted octanol–water partition coefficient (Wildman–Crippen LogP) is 4.90. The first-order valence-corrected chi connectivity index (χ1v) is 9.09. The van der Waals surface area contributed by atoms with Crippen LogP contribution >= 0.6 is 0 Å². The van der Waals surface area contributed by atoms with Gasteiger partial charge in [-0.15, -0.1) is 0 Å². The van der Waals surface area contributed by atoms with Gasteiger partial charge < -0.3 is 5.32 Å². The summed E-state index contributed by atoms with van der Waals surface area (Å²) in [7, 11) is 0. The molecule has 0 aromatic rings. The van der Waals surface area contributed by atoms with Gasteiger partial charge in [0.15, 0.2) is 0 Å². The zero-order chi connectivity index (χ0) is 13.1. The Hall–Kier alpha value is -0.0400. The van der Waals surface area contributed by atoms with Crippen LogP contribution in [0.25, 0.3) is 0 Å². The summed E-state index contributed by atoms with van der Waals surface area (Å²) in [5.41, 5.74) is 0. The molecule has 0 amide bonds. The van der Waals surface area contributed by atoms with Crippen molar-refractivity contribution in [2.45, 2.75) is 96.1 Å². The van der Waals surface area contributed by atoms with Crippen LogP contribution in [0, 0.1) is 17.8 Å². The van der Waals surface area contributed by atoms with E-state index in [9.17, 15) is 0 Å². The number of hydrogen-bond donors (Lipinski definition) is 1. The lowest BCUT2D eigenvalue weighted by Gasteiger charge is -2.34. The summed E-state index contributed by atoms with van der Waals surface area (Å²) in [6, 6.07) is 1.61. The van der Waals surface area contributed by atoms with Gasteiger partial charge in [-0.05, 0) is 63.2 Å². The van der Waals surface area contributed by atoms with Gasteiger partial charge >= 0.3 is 0 Å². The quantitative estimate of drug-likeness (QED) is 0.711. The Morgan fingerprint density at radius 1 is 0.737 bits per heavy atom. The molecule has 2 unspecified atom stereocenters. The molecule has 3 rings (SSSR count). The van der Waals surface area contributed by atoms with E-state index in [2.05, 4.69) is 12.2 Å². The highest BCUT2D eigenvalue weighted by Gasteiger charge is 2.35. The highest BCUT2D eigenvalue weighted by atomic mass is 15.0. The van der Waals surface area contributed by atoms with E-state index in [1.54, 1.807) is 0 Å². The SMILES string of the molecule is C[C@H](NC1CCCC(C2CC2)C1)C1CCCCCC1. The second-order valence-corrected chi connectivity index (χ2v) is 7.67. The van der Waals surface area contributed by atoms with Crippen molar-refractivity contribution in [1.29, 1.82) is 0 Å². The van der Waals surface area contributed by atoms with Gasteiger partial charge in [-0.3, -0.25) is 0 Å². The Morgan fingerprint density at radius 2 is 1.47 bits per heavy atom. The molecule has 0 saturated heterocycles. The summed E-state index contributed by atoms with van der Waals surface area (Å²) < 4.78 is 0. The molecule has 1 N–H and O–H groups in total. The van der Waals surface area contributed by atoms with Crippen molar-refractivity contribution in [2.75, 3.05) is 0 Å². The zero-order valence-electron chi connectivity index (χ0n) is 12.9. The summed E-state index contributed by atoms with van der Waals surface area (Å²) in [5, 5.41) is 4.03. The molecule has 110 valence electrons. The molecule has 3 aliphatic carbocycles. The summed E-state index contributed by atoms with van der Waals surface area (Å²) in [5.74, 6) is 3.16. The predicted molar refractivity (Wildman–Crippen MR) is 82.3 cm³/mol. The molecule has 0 aromatic carbocycles. The molecule has 1 heteroatoms. The van der Waals surface area contributed by atoms with Crippen molar-refractivity contribution in [3.63, 3.8) is 0 Å². The summed E-state index contributed by atoms with van der Waals surface area (Å²) >= 11 is 0. The van der Waals surface area contributed by atoms with Crippen molar-refractivity contribution in [2.24, 2.45) is 17.8 Å². The molecule has 3 atom stereocenters. The fourth-order valence-corrected chi connectivity index (χ4v) is 4.69. The van der Waals surface area contributed by atoms with E-state index >= 15 is 0 Å². The minimum Gasteiger partial charge on any atom is -0.311 e. The van der Waals surface area contributed by atoms with Gasteiger partial charge in [0.25, 0.3) is 0 Å². The van der Waals surface area contributed by atoms with Crippen LogP contribution in [0.2, 0.25) is 0 Å². The molecule has 0 bridgehead atoms. The first-order valence-electron chi connectivity index (χ1n) is 9.09. The van der Waals surface area contributed by atoms with Gasteiger partial charge in [-0.25, -0.2) is 0 Å². The summed E-state index contributed by atoms with van der Waals surface area (Å²) in [6.07, 6.45) is 17.9. The molecular weight excluding hydrogens is 230 g/mol. The maximum absolute atomic E-state index is 4.03. The van der Waals surface area contributed by atoms with Crippen LogP contribution in [0.5, 0.6) is 0 Å². The van der Waals surface area contributed by atoms with E-state index in [0.29, 0.717) is 0 Å². The van der Waals surface area contributed by atoms with Gasteiger partial charge in [0.05, 0.1) is 0 Å². The van der Waals surface area contributed by atoms with E-state index in [1.807, 2.05) is 0 Å². The summed E-state index contributed by atoms with van der Waals surface area (Å²) in [4.78, 5) is 0. The van der Waals surface area contributed by atoms with Crippen LogP contribution < -0.4 is 5.32 Å². The first kappa shape index (κ1) is 13.9. The van der Waals surface area contributed by atoms with Crippen LogP contribution in [0.3, 0.4) is 0 Å². The number of hydrogen-bond acceptors (Lipinski definition) is 1. The minimum atomic E-state index is 0.765. The molecule has 0 radical (unpaired) electrons. The molecule has 3 aliphatic rings. The van der Waals surface area contributed by atoms with E-state index in [0.717, 1.165) is 29.8 Å². The molecule has 0 heterocycles. The molecule has 1 nitrogen and oxygen atoms in total. The standard InChI is InChI=1S/C18H33N/c1-14(15-7-4-2-3-5-8-15)19-18-10-6-9-17(13-18)16-11-12-16/h14-19H,2-13H2,1H3/t14-,17?,18?/m0/s1. The van der Waals surface area contributed by atoms with Gasteiger partial charge in [-0.2, -0.15) is 0 Å². The van der Waals surface area contributed by atoms with E-state index in [1.165, 1.54) is 77.0 Å². The highest BCUT2D eigenvalue weighted by molar-refractivity contribution is 4.89. The lowest BCUT2D eigenvalue weighted by atomic mass is 9.81. The lowest BCUT2D eigenvalue weighted by molar-refractivity contribution is 0.222. The largest absolute Gasteiger partial charge is 0.311 e. The maximum atomic E-state index is 4.03. The van der Waals surface area contributed by atoms with Crippen LogP contribution in [0.1, 0.15) is 84.0 Å². The van der Waals surface area contributed by atoms with Crippen molar-refractivity contribution < 1.29 is 0 Å². The van der Waals surface area contributed by atoms with Gasteiger partial charge in [0.2, 0.25) is 0 Å². The average Bonchev–Trinajstić information content (AvgIpc) is 3.26. The molecule has 0 aliphatic heterocycles. The maximum Gasteiger partial charge on any atom is 0.00723 e. The summed E-state index contributed by atoms with van der Waals surface area (Å²) in [6.45, 7) is 2.47. The normalized spacial score (nSPS) is 35.8. The second-order valence-electron chi connectivity index (χ2n) is 7.67. The van der Waals surface area contributed by atoms with E-state index in [-0.39, 0.29) is 0 Å². The van der Waals surface area contributed by atoms with Crippen LogP contribution in [-0.2, 0) is 0 Å². The second kappa shape index (κ2) is 6.61. The Morgan fingerprint density at radius 3 is 2.16 bits per heavy atom. The van der Waals surface area contributed by atoms with Crippen molar-refractivity contribution in [3.8, 4) is 0 Å². The first-order chi connectivity index (χ1) is 9.33. The topological polar surface area (TPSA) is 12.0 Å². The van der Waals surface area contributed by atoms with Crippen molar-refractivity contribution >= 4 is 0 Å². The average molecular weight is 263 g/mol. The Bertz CT molecular complexity index is 263. The molecular formula is C18H33N. The Labute approximate surface area is 119 Å². The number of rotatable bonds is 4. The third-order valence-corrected chi connectivity index (χ3v) is 6.11. The highest BCUT2D eigenvalue weighted by Crippen LogP contribution is 2.44. The van der Waals surface area contributed by atoms with E-state index < -0.39 is 0 Å². The molecule has 3 saturated carbocycles. The van der Waals surface area contributed by atoms with Gasteiger partial charge in [0, 0.05) is 12.1 Å². The monoisotopic (exact) mass is 263 g/mol. The molecule has 3 fully saturated rings. The number of nitrogens with one attached hydrogen (secondary N) is 1. The fourth-order valence-electron chi connectivity index (χ4n) is 4.69. The van der Waals surface area contributed by atoms with Crippen LogP contribution in [-0.4, -0.2) is 12.1 Å². The lowest BCUT2D eigenvalue weighted by Crippen LogP contribution is -2.43. The molecule has 19 heavy (non-hydrogen) atoms. The third kappa shape index (κ3) is 3.97. The third-order valence-electron chi connectivity index (χ3n) is 6.11. The Kier molecular flexibility index (Phi) is 4.84. The Balaban J connectivity index is 1.46. The van der Waals surface area contributed by atoms with Crippen molar-refractivity contribution in [3.05, 3.63) is 0 Å². The smallest absolute Gasteiger partial charge is 0.00723 e. The molecule has 0 aromatic heterocycles. The van der Waals surface area contributed by atoms with E-state index in [4.69, 9.17) is 0 Å². The molecule has 0 spiro atoms. The van der Waals surface area contributed by atoms with Crippen molar-refractivity contribution in [1.82, 2.24) is 5.32 Å². The minimum absolute atomic E-state index is 0.765. The fraction of sp³-hybridized carbons (Fsp3) is 1.00. The van der Waals surface area contributed by atoms with Crippen LogP contribution in [0.15, 0.2) is 0 Å². The zero-order valence-corrected chi connectivity index (χ0v) is 12.9. The van der Waals surface area contributed by atoms with Gasteiger partial charge in [0.1, 0.15) is 0 Å².